The Kier molecular flexibility index (Phi) is 5.41. The Morgan fingerprint density at radius 1 is 1.29 bits per heavy atom. The number of nitrogens with zero attached hydrogens (tertiary/aromatic N) is 2. The maximum atomic E-state index is 15.2. The molecule has 28 heavy (non-hydrogen) atoms. The Bertz CT molecular complexity index is 858. The van der Waals surface area contributed by atoms with Gasteiger partial charge >= 0.3 is 6.09 Å². The van der Waals surface area contributed by atoms with Crippen LogP contribution in [-0.2, 0) is 19.5 Å². The summed E-state index contributed by atoms with van der Waals surface area (Å²) in [6.45, 7) is 4.67. The molecule has 2 unspecified atom stereocenters. The van der Waals surface area contributed by atoms with Crippen LogP contribution >= 0.6 is 0 Å². The molecule has 10 heteroatoms. The van der Waals surface area contributed by atoms with Crippen LogP contribution in [0.2, 0.25) is 0 Å². The summed E-state index contributed by atoms with van der Waals surface area (Å²) < 4.78 is 67.0. The fourth-order valence-electron chi connectivity index (χ4n) is 3.48. The van der Waals surface area contributed by atoms with Crippen LogP contribution in [0.4, 0.5) is 13.6 Å². The minimum absolute atomic E-state index is 0.0134. The predicted molar refractivity (Wildman–Crippen MR) is 96.3 cm³/mol. The van der Waals surface area contributed by atoms with Gasteiger partial charge in [0.05, 0.1) is 13.2 Å². The van der Waals surface area contributed by atoms with Crippen molar-refractivity contribution in [1.82, 2.24) is 9.21 Å². The molecule has 1 spiro atoms. The van der Waals surface area contributed by atoms with Crippen LogP contribution in [0.25, 0.3) is 0 Å². The van der Waals surface area contributed by atoms with Gasteiger partial charge in [0, 0.05) is 19.5 Å². The summed E-state index contributed by atoms with van der Waals surface area (Å²) in [6.07, 6.45) is -2.56. The maximum Gasteiger partial charge on any atom is 0.410 e. The summed E-state index contributed by atoms with van der Waals surface area (Å²) in [4.78, 5) is 12.9. The van der Waals surface area contributed by atoms with Crippen LogP contribution < -0.4 is 0 Å². The highest BCUT2D eigenvalue weighted by Crippen LogP contribution is 2.40. The van der Waals surface area contributed by atoms with Gasteiger partial charge in [0.2, 0.25) is 10.0 Å². The molecular weight excluding hydrogens is 394 g/mol. The Balaban J connectivity index is 1.84. The van der Waals surface area contributed by atoms with Gasteiger partial charge in [-0.05, 0) is 32.9 Å². The van der Waals surface area contributed by atoms with Crippen molar-refractivity contribution in [3.05, 3.63) is 30.1 Å². The molecule has 2 saturated heterocycles. The molecule has 1 aromatic rings. The number of piperidine rings is 1. The van der Waals surface area contributed by atoms with E-state index in [1.165, 1.54) is 17.0 Å². The van der Waals surface area contributed by atoms with Crippen molar-refractivity contribution < 1.29 is 31.5 Å². The lowest BCUT2D eigenvalue weighted by Gasteiger charge is -2.44. The third-order valence-electron chi connectivity index (χ3n) is 4.73. The summed E-state index contributed by atoms with van der Waals surface area (Å²) in [5, 5.41) is 0. The highest BCUT2D eigenvalue weighted by atomic mass is 32.2. The second kappa shape index (κ2) is 7.23. The lowest BCUT2D eigenvalue weighted by atomic mass is 9.99. The van der Waals surface area contributed by atoms with Gasteiger partial charge in [-0.3, -0.25) is 0 Å². The third-order valence-corrected chi connectivity index (χ3v) is 6.69. The van der Waals surface area contributed by atoms with Crippen molar-refractivity contribution in [2.75, 3.05) is 26.2 Å². The predicted octanol–water partition coefficient (Wildman–Crippen LogP) is 2.52. The van der Waals surface area contributed by atoms with Crippen molar-refractivity contribution >= 4 is 16.1 Å². The SMILES string of the molecule is CC(C)(C)OC(=O)N1CCC2(OCCN2S(=O)(=O)c2ccccc2F)C(F)C1. The number of carbonyl (C=O) groups excluding carboxylic acids is 1. The van der Waals surface area contributed by atoms with Crippen LogP contribution in [0.1, 0.15) is 27.2 Å². The largest absolute Gasteiger partial charge is 0.444 e. The number of rotatable bonds is 2. The number of halogens is 2. The molecule has 156 valence electrons. The highest BCUT2D eigenvalue weighted by molar-refractivity contribution is 7.89. The van der Waals surface area contributed by atoms with E-state index in [9.17, 15) is 17.6 Å². The zero-order chi connectivity index (χ0) is 20.7. The van der Waals surface area contributed by atoms with Gasteiger partial charge in [-0.2, -0.15) is 4.31 Å². The molecule has 2 heterocycles. The van der Waals surface area contributed by atoms with E-state index in [0.717, 1.165) is 16.4 Å². The Labute approximate surface area is 163 Å². The molecule has 0 saturated carbocycles. The molecule has 1 amide bonds. The summed E-state index contributed by atoms with van der Waals surface area (Å²) in [5.74, 6) is -0.911. The zero-order valence-electron chi connectivity index (χ0n) is 16.0. The van der Waals surface area contributed by atoms with Crippen LogP contribution in [0, 0.1) is 5.82 Å². The summed E-state index contributed by atoms with van der Waals surface area (Å²) >= 11 is 0. The van der Waals surface area contributed by atoms with E-state index in [4.69, 9.17) is 9.47 Å². The first-order valence-corrected chi connectivity index (χ1v) is 10.4. The average molecular weight is 418 g/mol. The van der Waals surface area contributed by atoms with Crippen LogP contribution in [0.3, 0.4) is 0 Å². The molecule has 7 nitrogen and oxygen atoms in total. The average Bonchev–Trinajstić information content (AvgIpc) is 3.02. The number of ether oxygens (including phenoxy) is 2. The van der Waals surface area contributed by atoms with Gasteiger partial charge in [-0.25, -0.2) is 22.0 Å². The summed E-state index contributed by atoms with van der Waals surface area (Å²) in [6, 6.07) is 4.95. The first-order chi connectivity index (χ1) is 13.0. The molecule has 0 radical (unpaired) electrons. The lowest BCUT2D eigenvalue weighted by Crippen LogP contribution is -2.63. The van der Waals surface area contributed by atoms with Crippen molar-refractivity contribution in [2.24, 2.45) is 0 Å². The fraction of sp³-hybridized carbons (Fsp3) is 0.611. The molecule has 0 aromatic heterocycles. The first kappa shape index (κ1) is 20.9. The fourth-order valence-corrected chi connectivity index (χ4v) is 5.26. The topological polar surface area (TPSA) is 76.2 Å². The standard InChI is InChI=1S/C18H24F2N2O5S/c1-17(2,3)27-16(23)21-9-8-18(15(20)12-21)22(10-11-26-18)28(24,25)14-7-5-4-6-13(14)19/h4-7,15H,8-12H2,1-3H3. The molecule has 0 aliphatic carbocycles. The second-order valence-corrected chi connectivity index (χ2v) is 9.68. The molecule has 0 bridgehead atoms. The van der Waals surface area contributed by atoms with E-state index in [1.54, 1.807) is 20.8 Å². The van der Waals surface area contributed by atoms with Gasteiger partial charge in [0.1, 0.15) is 16.3 Å². The number of hydrogen-bond acceptors (Lipinski definition) is 5. The van der Waals surface area contributed by atoms with Crippen molar-refractivity contribution in [1.29, 1.82) is 0 Å². The quantitative estimate of drug-likeness (QED) is 0.738. The molecule has 2 fully saturated rings. The van der Waals surface area contributed by atoms with E-state index in [0.29, 0.717) is 0 Å². The highest BCUT2D eigenvalue weighted by Gasteiger charge is 2.57. The number of alkyl halides is 1. The van der Waals surface area contributed by atoms with Gasteiger partial charge < -0.3 is 14.4 Å². The van der Waals surface area contributed by atoms with Crippen molar-refractivity contribution in [3.8, 4) is 0 Å². The monoisotopic (exact) mass is 418 g/mol. The number of hydrogen-bond donors (Lipinski definition) is 0. The van der Waals surface area contributed by atoms with E-state index in [2.05, 4.69) is 0 Å². The first-order valence-electron chi connectivity index (χ1n) is 9.01. The molecule has 2 aliphatic heterocycles. The molecule has 1 aromatic carbocycles. The van der Waals surface area contributed by atoms with Crippen LogP contribution in [0.5, 0.6) is 0 Å². The molecule has 0 N–H and O–H groups in total. The second-order valence-electron chi connectivity index (χ2n) is 7.84. The molecule has 3 rings (SSSR count). The molecule has 2 aliphatic rings. The third kappa shape index (κ3) is 3.72. The number of amides is 1. The Morgan fingerprint density at radius 2 is 1.96 bits per heavy atom. The lowest BCUT2D eigenvalue weighted by molar-refractivity contribution is -0.139. The molecule has 2 atom stereocenters. The van der Waals surface area contributed by atoms with Gasteiger partial charge in [0.25, 0.3) is 0 Å². The van der Waals surface area contributed by atoms with Crippen LogP contribution in [0.15, 0.2) is 29.2 Å². The normalized spacial score (nSPS) is 26.6. The van der Waals surface area contributed by atoms with E-state index in [-0.39, 0.29) is 32.7 Å². The number of carbonyl (C=O) groups is 1. The van der Waals surface area contributed by atoms with Crippen molar-refractivity contribution in [2.45, 2.75) is 49.6 Å². The molecular formula is C18H24F2N2O5S. The zero-order valence-corrected chi connectivity index (χ0v) is 16.8. The smallest absolute Gasteiger partial charge is 0.410 e. The van der Waals surface area contributed by atoms with Crippen molar-refractivity contribution in [3.63, 3.8) is 0 Å². The van der Waals surface area contributed by atoms with Crippen LogP contribution in [-0.4, -0.2) is 67.5 Å². The number of sulfonamides is 1. The van der Waals surface area contributed by atoms with Gasteiger partial charge in [0.15, 0.2) is 11.9 Å². The van der Waals surface area contributed by atoms with Gasteiger partial charge in [-0.1, -0.05) is 12.1 Å². The summed E-state index contributed by atoms with van der Waals surface area (Å²) in [7, 11) is -4.32. The van der Waals surface area contributed by atoms with E-state index in [1.807, 2.05) is 0 Å². The number of benzene rings is 1. The van der Waals surface area contributed by atoms with E-state index < -0.39 is 44.3 Å². The Morgan fingerprint density at radius 3 is 2.57 bits per heavy atom. The minimum atomic E-state index is -4.32. The Hall–Kier alpha value is -1.78. The minimum Gasteiger partial charge on any atom is -0.444 e. The van der Waals surface area contributed by atoms with E-state index >= 15 is 4.39 Å². The maximum absolute atomic E-state index is 15.2. The van der Waals surface area contributed by atoms with Gasteiger partial charge in [-0.15, -0.1) is 0 Å². The number of likely N-dealkylation sites (tertiary alicyclic amines) is 1. The summed E-state index contributed by atoms with van der Waals surface area (Å²) in [5.41, 5.74) is -2.50.